The molecule has 0 bridgehead atoms. The molecule has 1 saturated heterocycles. The highest BCUT2D eigenvalue weighted by atomic mass is 16.5. The van der Waals surface area contributed by atoms with Crippen LogP contribution in [0, 0.1) is 0 Å². The molecule has 3 aromatic heterocycles. The Labute approximate surface area is 156 Å². The van der Waals surface area contributed by atoms with Gasteiger partial charge >= 0.3 is 6.01 Å². The van der Waals surface area contributed by atoms with Gasteiger partial charge in [-0.25, -0.2) is 19.6 Å². The molecular formula is C18H19N7O2. The second kappa shape index (κ2) is 7.90. The van der Waals surface area contributed by atoms with Gasteiger partial charge in [0.1, 0.15) is 25.3 Å². The minimum Gasteiger partial charge on any atom is -0.460 e. The van der Waals surface area contributed by atoms with Gasteiger partial charge in [-0.1, -0.05) is 0 Å². The normalized spacial score (nSPS) is 14.9. The maximum Gasteiger partial charge on any atom is 0.316 e. The van der Waals surface area contributed by atoms with E-state index in [0.29, 0.717) is 19.1 Å². The summed E-state index contributed by atoms with van der Waals surface area (Å²) in [6.45, 7) is 1.51. The summed E-state index contributed by atoms with van der Waals surface area (Å²) < 4.78 is 7.41. The van der Waals surface area contributed by atoms with Crippen LogP contribution in [0.3, 0.4) is 0 Å². The summed E-state index contributed by atoms with van der Waals surface area (Å²) in [4.78, 5) is 30.6. The van der Waals surface area contributed by atoms with Crippen molar-refractivity contribution in [3.8, 4) is 17.1 Å². The molecule has 1 fully saturated rings. The Hall–Kier alpha value is -3.36. The Morgan fingerprint density at radius 2 is 1.81 bits per heavy atom. The van der Waals surface area contributed by atoms with E-state index >= 15 is 0 Å². The van der Waals surface area contributed by atoms with Gasteiger partial charge in [0.05, 0.1) is 0 Å². The van der Waals surface area contributed by atoms with E-state index in [1.54, 1.807) is 31.1 Å². The number of pyridine rings is 1. The molecule has 138 valence electrons. The number of carbonyl (C=O) groups excluding carboxylic acids is 1. The van der Waals surface area contributed by atoms with Crippen LogP contribution in [0.15, 0.2) is 49.6 Å². The van der Waals surface area contributed by atoms with E-state index in [4.69, 9.17) is 4.74 Å². The Balaban J connectivity index is 1.28. The van der Waals surface area contributed by atoms with Crippen molar-refractivity contribution in [2.45, 2.75) is 25.5 Å². The molecule has 0 N–H and O–H groups in total. The van der Waals surface area contributed by atoms with E-state index in [2.05, 4.69) is 25.0 Å². The standard InChI is InChI=1S/C18H19N7O2/c26-17(11-25-13-20-12-23-25)24-7-3-16(4-8-24)27-18-21-9-15(10-22-18)14-1-5-19-6-2-14/h1-2,5-6,9-10,12-13,16H,3-4,7-8,11H2. The highest BCUT2D eigenvalue weighted by Gasteiger charge is 2.24. The molecule has 9 heteroatoms. The topological polar surface area (TPSA) is 98.9 Å². The summed E-state index contributed by atoms with van der Waals surface area (Å²) >= 11 is 0. The summed E-state index contributed by atoms with van der Waals surface area (Å²) in [6, 6.07) is 4.18. The lowest BCUT2D eigenvalue weighted by atomic mass is 10.1. The zero-order valence-electron chi connectivity index (χ0n) is 14.7. The molecule has 4 heterocycles. The van der Waals surface area contributed by atoms with Gasteiger partial charge in [0.25, 0.3) is 0 Å². The number of carbonyl (C=O) groups is 1. The van der Waals surface area contributed by atoms with Gasteiger partial charge in [-0.05, 0) is 17.7 Å². The van der Waals surface area contributed by atoms with Crippen molar-refractivity contribution < 1.29 is 9.53 Å². The number of nitrogens with zero attached hydrogens (tertiary/aromatic N) is 7. The van der Waals surface area contributed by atoms with Crippen LogP contribution in [0.1, 0.15) is 12.8 Å². The van der Waals surface area contributed by atoms with Crippen molar-refractivity contribution in [2.75, 3.05) is 13.1 Å². The number of hydrogen-bond donors (Lipinski definition) is 0. The first kappa shape index (κ1) is 17.1. The van der Waals surface area contributed by atoms with Gasteiger partial charge in [0.15, 0.2) is 0 Å². The monoisotopic (exact) mass is 365 g/mol. The number of rotatable bonds is 5. The van der Waals surface area contributed by atoms with Crippen molar-refractivity contribution in [1.29, 1.82) is 0 Å². The number of ether oxygens (including phenoxy) is 1. The first-order valence-electron chi connectivity index (χ1n) is 8.77. The Kier molecular flexibility index (Phi) is 4.99. The highest BCUT2D eigenvalue weighted by molar-refractivity contribution is 5.75. The van der Waals surface area contributed by atoms with Crippen LogP contribution in [0.4, 0.5) is 0 Å². The van der Waals surface area contributed by atoms with E-state index < -0.39 is 0 Å². The SMILES string of the molecule is O=C(Cn1cncn1)N1CCC(Oc2ncc(-c3ccncc3)cn2)CC1. The molecule has 1 amide bonds. The minimum absolute atomic E-state index is 0.00666. The molecule has 9 nitrogen and oxygen atoms in total. The maximum absolute atomic E-state index is 12.3. The third-order valence-corrected chi connectivity index (χ3v) is 4.47. The molecule has 0 aliphatic carbocycles. The number of aromatic nitrogens is 6. The molecule has 0 atom stereocenters. The lowest BCUT2D eigenvalue weighted by molar-refractivity contribution is -0.133. The smallest absolute Gasteiger partial charge is 0.316 e. The highest BCUT2D eigenvalue weighted by Crippen LogP contribution is 2.20. The van der Waals surface area contributed by atoms with Crippen LogP contribution in [-0.4, -0.2) is 59.7 Å². The van der Waals surface area contributed by atoms with E-state index in [-0.39, 0.29) is 18.6 Å². The van der Waals surface area contributed by atoms with Crippen molar-refractivity contribution in [2.24, 2.45) is 0 Å². The number of likely N-dealkylation sites (tertiary alicyclic amines) is 1. The summed E-state index contributed by atoms with van der Waals surface area (Å²) in [5.74, 6) is 0.0388. The molecule has 4 rings (SSSR count). The van der Waals surface area contributed by atoms with Gasteiger partial charge in [-0.15, -0.1) is 0 Å². The Bertz CT molecular complexity index is 860. The second-order valence-corrected chi connectivity index (χ2v) is 6.28. The predicted molar refractivity (Wildman–Crippen MR) is 95.5 cm³/mol. The molecule has 0 unspecified atom stereocenters. The molecule has 0 saturated carbocycles. The van der Waals surface area contributed by atoms with E-state index in [0.717, 1.165) is 24.0 Å². The Morgan fingerprint density at radius 1 is 1.07 bits per heavy atom. The van der Waals surface area contributed by atoms with Crippen LogP contribution in [0.2, 0.25) is 0 Å². The largest absolute Gasteiger partial charge is 0.460 e. The van der Waals surface area contributed by atoms with Gasteiger partial charge in [0.2, 0.25) is 5.91 Å². The average Bonchev–Trinajstić information content (AvgIpc) is 3.23. The van der Waals surface area contributed by atoms with Gasteiger partial charge in [0, 0.05) is 56.3 Å². The van der Waals surface area contributed by atoms with Crippen LogP contribution in [0.25, 0.3) is 11.1 Å². The van der Waals surface area contributed by atoms with Crippen LogP contribution < -0.4 is 4.74 Å². The van der Waals surface area contributed by atoms with Crippen LogP contribution in [0.5, 0.6) is 6.01 Å². The predicted octanol–water partition coefficient (Wildman–Crippen LogP) is 1.20. The third kappa shape index (κ3) is 4.25. The molecular weight excluding hydrogens is 346 g/mol. The summed E-state index contributed by atoms with van der Waals surface area (Å²) in [5.41, 5.74) is 1.93. The van der Waals surface area contributed by atoms with Crippen molar-refractivity contribution >= 4 is 5.91 Å². The fraction of sp³-hybridized carbons (Fsp3) is 0.333. The molecule has 3 aromatic rings. The zero-order valence-corrected chi connectivity index (χ0v) is 14.7. The summed E-state index contributed by atoms with van der Waals surface area (Å²) in [5, 5.41) is 3.96. The van der Waals surface area contributed by atoms with Crippen molar-refractivity contribution in [3.63, 3.8) is 0 Å². The first-order valence-corrected chi connectivity index (χ1v) is 8.77. The van der Waals surface area contributed by atoms with Crippen LogP contribution in [-0.2, 0) is 11.3 Å². The van der Waals surface area contributed by atoms with Crippen LogP contribution >= 0.6 is 0 Å². The fourth-order valence-corrected chi connectivity index (χ4v) is 3.00. The summed E-state index contributed by atoms with van der Waals surface area (Å²) in [6.07, 6.45) is 11.4. The maximum atomic E-state index is 12.3. The van der Waals surface area contributed by atoms with Gasteiger partial charge in [-0.2, -0.15) is 5.10 Å². The van der Waals surface area contributed by atoms with Crippen molar-refractivity contribution in [3.05, 3.63) is 49.6 Å². The lowest BCUT2D eigenvalue weighted by Crippen LogP contribution is -2.43. The molecule has 0 aromatic carbocycles. The molecule has 27 heavy (non-hydrogen) atoms. The summed E-state index contributed by atoms with van der Waals surface area (Å²) in [7, 11) is 0. The molecule has 0 spiro atoms. The quantitative estimate of drug-likeness (QED) is 0.670. The lowest BCUT2D eigenvalue weighted by Gasteiger charge is -2.31. The van der Waals surface area contributed by atoms with E-state index in [1.807, 2.05) is 17.0 Å². The fourth-order valence-electron chi connectivity index (χ4n) is 3.00. The van der Waals surface area contributed by atoms with Gasteiger partial charge < -0.3 is 9.64 Å². The van der Waals surface area contributed by atoms with Crippen molar-refractivity contribution in [1.82, 2.24) is 34.6 Å². The number of piperidine rings is 1. The molecule has 1 aliphatic heterocycles. The zero-order chi connectivity index (χ0) is 18.5. The minimum atomic E-state index is 0.00666. The van der Waals surface area contributed by atoms with E-state index in [1.165, 1.54) is 11.0 Å². The van der Waals surface area contributed by atoms with E-state index in [9.17, 15) is 4.79 Å². The third-order valence-electron chi connectivity index (χ3n) is 4.47. The molecule has 0 radical (unpaired) electrons. The Morgan fingerprint density at radius 3 is 2.48 bits per heavy atom. The second-order valence-electron chi connectivity index (χ2n) is 6.28. The first-order chi connectivity index (χ1) is 13.3. The average molecular weight is 365 g/mol. The number of amides is 1. The van der Waals surface area contributed by atoms with Gasteiger partial charge in [-0.3, -0.25) is 9.78 Å². The number of hydrogen-bond acceptors (Lipinski definition) is 7. The molecule has 1 aliphatic rings.